The second-order valence-corrected chi connectivity index (χ2v) is 9.10. The number of rotatable bonds is 2. The van der Waals surface area contributed by atoms with Gasteiger partial charge in [-0.3, -0.25) is 10.3 Å². The molecule has 0 aliphatic carbocycles. The first-order chi connectivity index (χ1) is 14.1. The normalized spacial score (nSPS) is 23.9. The van der Waals surface area contributed by atoms with Crippen LogP contribution in [-0.4, -0.2) is 49.2 Å². The molecule has 8 nitrogen and oxygen atoms in total. The van der Waals surface area contributed by atoms with Crippen LogP contribution in [0.1, 0.15) is 37.1 Å². The second kappa shape index (κ2) is 7.31. The molecule has 0 aromatic carbocycles. The van der Waals surface area contributed by atoms with Gasteiger partial charge < -0.3 is 10.6 Å². The molecule has 0 spiro atoms. The van der Waals surface area contributed by atoms with E-state index < -0.39 is 0 Å². The number of urea groups is 1. The van der Waals surface area contributed by atoms with Crippen molar-refractivity contribution in [2.24, 2.45) is 5.73 Å². The van der Waals surface area contributed by atoms with Crippen molar-refractivity contribution in [1.29, 1.82) is 0 Å². The molecule has 3 atom stereocenters. The average molecular weight is 410 g/mol. The van der Waals surface area contributed by atoms with E-state index in [-0.39, 0.29) is 24.2 Å². The number of piperidine rings is 2. The number of nitrogens with one attached hydrogen (secondary N) is 1. The summed E-state index contributed by atoms with van der Waals surface area (Å²) in [5, 5.41) is 13.9. The van der Waals surface area contributed by atoms with E-state index in [1.807, 2.05) is 24.0 Å². The largest absolute Gasteiger partial charge is 0.328 e. The fraction of sp³-hybridized carbons (Fsp3) is 0.450. The maximum Gasteiger partial charge on any atom is 0.323 e. The molecule has 2 aliphatic rings. The predicted octanol–water partition coefficient (Wildman–Crippen LogP) is 3.33. The number of carbonyl (C=O) groups is 1. The third-order valence-electron chi connectivity index (χ3n) is 5.82. The molecule has 29 heavy (non-hydrogen) atoms. The standard InChI is InChI=1S/C20H23N7OS/c1-11-25-26-19(29-11)13-5-12-6-18(23-10-17(12)22-9-13)24-20(28)27-15-3-2-4-16(27)8-14(21)7-15/h5-6,9-10,14-16H,2-4,7-8,21H2,1H3,(H,23,24,28)/t14-,15+,16?/m1/s1. The number of fused-ring (bicyclic) bond motifs is 3. The summed E-state index contributed by atoms with van der Waals surface area (Å²) < 4.78 is 0. The topological polar surface area (TPSA) is 110 Å². The van der Waals surface area contributed by atoms with Gasteiger partial charge in [0, 0.05) is 35.3 Å². The maximum absolute atomic E-state index is 13.0. The Labute approximate surface area is 172 Å². The summed E-state index contributed by atoms with van der Waals surface area (Å²) in [5.41, 5.74) is 7.86. The first-order valence-corrected chi connectivity index (χ1v) is 10.8. The van der Waals surface area contributed by atoms with Gasteiger partial charge in [0.05, 0.1) is 11.7 Å². The van der Waals surface area contributed by atoms with Gasteiger partial charge in [0.25, 0.3) is 0 Å². The number of carbonyl (C=O) groups excluding carboxylic acids is 1. The number of hydrogen-bond acceptors (Lipinski definition) is 7. The lowest BCUT2D eigenvalue weighted by molar-refractivity contribution is 0.0692. The highest BCUT2D eigenvalue weighted by atomic mass is 32.1. The summed E-state index contributed by atoms with van der Waals surface area (Å²) in [5.74, 6) is 0.530. The van der Waals surface area contributed by atoms with Gasteiger partial charge in [-0.25, -0.2) is 9.78 Å². The van der Waals surface area contributed by atoms with Crippen molar-refractivity contribution < 1.29 is 4.79 Å². The highest BCUT2D eigenvalue weighted by Crippen LogP contribution is 2.34. The summed E-state index contributed by atoms with van der Waals surface area (Å²) in [6.45, 7) is 1.93. The zero-order valence-corrected chi connectivity index (χ0v) is 17.0. The van der Waals surface area contributed by atoms with Crippen molar-refractivity contribution in [3.05, 3.63) is 29.5 Å². The number of nitrogens with zero attached hydrogens (tertiary/aromatic N) is 5. The van der Waals surface area contributed by atoms with Gasteiger partial charge in [0.1, 0.15) is 15.8 Å². The third-order valence-corrected chi connectivity index (χ3v) is 6.71. The Morgan fingerprint density at radius 3 is 2.69 bits per heavy atom. The van der Waals surface area contributed by atoms with Crippen LogP contribution >= 0.6 is 11.3 Å². The zero-order chi connectivity index (χ0) is 20.0. The van der Waals surface area contributed by atoms with E-state index in [0.717, 1.165) is 52.2 Å². The molecule has 2 saturated heterocycles. The molecular weight excluding hydrogens is 386 g/mol. The number of hydrogen-bond donors (Lipinski definition) is 2. The molecule has 5 rings (SSSR count). The van der Waals surface area contributed by atoms with Gasteiger partial charge in [0.15, 0.2) is 0 Å². The monoisotopic (exact) mass is 409 g/mol. The molecular formula is C20H23N7OS. The molecule has 3 aromatic rings. The lowest BCUT2D eigenvalue weighted by Gasteiger charge is -2.47. The van der Waals surface area contributed by atoms with Crippen LogP contribution in [0.15, 0.2) is 24.5 Å². The van der Waals surface area contributed by atoms with Crippen molar-refractivity contribution in [1.82, 2.24) is 25.1 Å². The molecule has 3 aromatic heterocycles. The Kier molecular flexibility index (Phi) is 4.63. The SMILES string of the molecule is Cc1nnc(-c2cnc3cnc(NC(=O)N4C5CCC[C@H]4C[C@@H](N)C5)cc3c2)s1. The summed E-state index contributed by atoms with van der Waals surface area (Å²) in [6, 6.07) is 4.44. The predicted molar refractivity (Wildman–Crippen MR) is 113 cm³/mol. The quantitative estimate of drug-likeness (QED) is 0.672. The number of anilines is 1. The highest BCUT2D eigenvalue weighted by molar-refractivity contribution is 7.14. The Bertz CT molecular complexity index is 1050. The van der Waals surface area contributed by atoms with Crippen LogP contribution in [0, 0.1) is 6.92 Å². The number of amides is 2. The third kappa shape index (κ3) is 3.56. The van der Waals surface area contributed by atoms with Crippen LogP contribution in [0.25, 0.3) is 21.5 Å². The van der Waals surface area contributed by atoms with E-state index in [9.17, 15) is 4.79 Å². The molecule has 5 heterocycles. The Hall–Kier alpha value is -2.65. The van der Waals surface area contributed by atoms with E-state index >= 15 is 0 Å². The minimum atomic E-state index is -0.0812. The molecule has 3 N–H and O–H groups in total. The van der Waals surface area contributed by atoms with E-state index in [2.05, 4.69) is 25.5 Å². The van der Waals surface area contributed by atoms with E-state index in [1.165, 1.54) is 17.8 Å². The van der Waals surface area contributed by atoms with Crippen LogP contribution in [0.3, 0.4) is 0 Å². The molecule has 2 fully saturated rings. The van der Waals surface area contributed by atoms with Crippen LogP contribution in [0.2, 0.25) is 0 Å². The van der Waals surface area contributed by atoms with E-state index in [1.54, 1.807) is 12.4 Å². The van der Waals surface area contributed by atoms with E-state index in [0.29, 0.717) is 5.82 Å². The van der Waals surface area contributed by atoms with Gasteiger partial charge in [-0.15, -0.1) is 10.2 Å². The fourth-order valence-corrected chi connectivity index (χ4v) is 5.23. The molecule has 2 amide bonds. The Morgan fingerprint density at radius 2 is 1.97 bits per heavy atom. The number of aryl methyl sites for hydroxylation is 1. The van der Waals surface area contributed by atoms with Crippen LogP contribution < -0.4 is 11.1 Å². The van der Waals surface area contributed by atoms with Gasteiger partial charge in [-0.2, -0.15) is 0 Å². The van der Waals surface area contributed by atoms with Crippen LogP contribution in [-0.2, 0) is 0 Å². The molecule has 2 aliphatic heterocycles. The molecule has 2 bridgehead atoms. The van der Waals surface area contributed by atoms with Crippen LogP contribution in [0.5, 0.6) is 0 Å². The first kappa shape index (κ1) is 18.4. The van der Waals surface area contributed by atoms with Crippen molar-refractivity contribution in [2.45, 2.75) is 57.2 Å². The summed E-state index contributed by atoms with van der Waals surface area (Å²) in [6.07, 6.45) is 8.44. The second-order valence-electron chi connectivity index (χ2n) is 7.92. The number of aromatic nitrogens is 4. The lowest BCUT2D eigenvalue weighted by atomic mass is 9.82. The van der Waals surface area contributed by atoms with Crippen molar-refractivity contribution in [2.75, 3.05) is 5.32 Å². The summed E-state index contributed by atoms with van der Waals surface area (Å²) >= 11 is 1.53. The van der Waals surface area contributed by atoms with Gasteiger partial charge in [-0.1, -0.05) is 11.3 Å². The van der Waals surface area contributed by atoms with Gasteiger partial charge in [-0.05, 0) is 51.2 Å². The zero-order valence-electron chi connectivity index (χ0n) is 16.2. The fourth-order valence-electron chi connectivity index (χ4n) is 4.56. The molecule has 9 heteroatoms. The minimum Gasteiger partial charge on any atom is -0.328 e. The Morgan fingerprint density at radius 1 is 1.17 bits per heavy atom. The summed E-state index contributed by atoms with van der Waals surface area (Å²) in [4.78, 5) is 23.9. The lowest BCUT2D eigenvalue weighted by Crippen LogP contribution is -2.58. The average Bonchev–Trinajstić information content (AvgIpc) is 3.13. The molecule has 0 saturated carbocycles. The van der Waals surface area contributed by atoms with Gasteiger partial charge >= 0.3 is 6.03 Å². The van der Waals surface area contributed by atoms with E-state index in [4.69, 9.17) is 5.73 Å². The number of nitrogens with two attached hydrogens (primary N) is 1. The highest BCUT2D eigenvalue weighted by Gasteiger charge is 2.39. The summed E-state index contributed by atoms with van der Waals surface area (Å²) in [7, 11) is 0. The first-order valence-electron chi connectivity index (χ1n) is 9.98. The smallest absolute Gasteiger partial charge is 0.323 e. The maximum atomic E-state index is 13.0. The van der Waals surface area contributed by atoms with Crippen LogP contribution in [0.4, 0.5) is 10.6 Å². The molecule has 1 unspecified atom stereocenters. The number of pyridine rings is 2. The minimum absolute atomic E-state index is 0.0812. The molecule has 150 valence electrons. The molecule has 0 radical (unpaired) electrons. The van der Waals surface area contributed by atoms with Crippen molar-refractivity contribution >= 4 is 34.1 Å². The van der Waals surface area contributed by atoms with Crippen molar-refractivity contribution in [3.63, 3.8) is 0 Å². The Balaban J connectivity index is 1.39. The van der Waals surface area contributed by atoms with Crippen molar-refractivity contribution in [3.8, 4) is 10.6 Å². The van der Waals surface area contributed by atoms with Gasteiger partial charge in [0.2, 0.25) is 0 Å².